The lowest BCUT2D eigenvalue weighted by atomic mass is 9.80. The lowest BCUT2D eigenvalue weighted by molar-refractivity contribution is -0.123. The zero-order chi connectivity index (χ0) is 26.5. The fraction of sp³-hybridized carbons (Fsp3) is 0.267. The second-order valence-corrected chi connectivity index (χ2v) is 9.30. The number of benzene rings is 3. The molecule has 0 amide bonds. The van der Waals surface area contributed by atoms with E-state index < -0.39 is 35.1 Å². The van der Waals surface area contributed by atoms with E-state index in [2.05, 4.69) is 4.98 Å². The lowest BCUT2D eigenvalue weighted by Crippen LogP contribution is -2.46. The molecule has 1 fully saturated rings. The number of aliphatic hydroxyl groups is 1. The highest BCUT2D eigenvalue weighted by Gasteiger charge is 2.40. The normalized spacial score (nSPS) is 19.7. The minimum absolute atomic E-state index is 0.105. The SMILES string of the molecule is COc1ccc(C(OC[C@@H]2C[C@@H](O)[C@H](n3ccc(=O)[nH]c3=O)CO2)(c2ccccc2)c2ccccc2)cc1. The molecule has 196 valence electrons. The van der Waals surface area contributed by atoms with Crippen molar-refractivity contribution in [2.24, 2.45) is 0 Å². The van der Waals surface area contributed by atoms with Crippen molar-refractivity contribution in [2.45, 2.75) is 30.3 Å². The fourth-order valence-corrected chi connectivity index (χ4v) is 5.05. The molecule has 2 N–H and O–H groups in total. The van der Waals surface area contributed by atoms with Crippen molar-refractivity contribution in [1.29, 1.82) is 0 Å². The molecule has 0 saturated carbocycles. The van der Waals surface area contributed by atoms with Crippen LogP contribution in [0, 0.1) is 0 Å². The molecule has 38 heavy (non-hydrogen) atoms. The molecule has 1 aromatic heterocycles. The van der Waals surface area contributed by atoms with E-state index in [1.165, 1.54) is 16.8 Å². The first kappa shape index (κ1) is 25.7. The van der Waals surface area contributed by atoms with Gasteiger partial charge in [-0.15, -0.1) is 0 Å². The second kappa shape index (κ2) is 11.2. The standard InChI is InChI=1S/C30H30N2O6/c1-36-24-14-12-23(13-15-24)30(21-8-4-2-5-9-21,22-10-6-3-7-11-22)38-19-25-18-27(33)26(20-37-25)32-17-16-28(34)31-29(32)35/h2-17,25-27,33H,18-20H2,1H3,(H,31,34,35)/t25-,26+,27+/m0/s1. The molecule has 3 atom stereocenters. The number of aliphatic hydroxyl groups excluding tert-OH is 1. The van der Waals surface area contributed by atoms with Crippen LogP contribution in [0.25, 0.3) is 0 Å². The van der Waals surface area contributed by atoms with Gasteiger partial charge in [0.05, 0.1) is 38.6 Å². The summed E-state index contributed by atoms with van der Waals surface area (Å²) >= 11 is 0. The molecule has 8 nitrogen and oxygen atoms in total. The predicted octanol–water partition coefficient (Wildman–Crippen LogP) is 3.24. The van der Waals surface area contributed by atoms with Crippen LogP contribution >= 0.6 is 0 Å². The quantitative estimate of drug-likeness (QED) is 0.350. The number of hydrogen-bond donors (Lipinski definition) is 2. The summed E-state index contributed by atoms with van der Waals surface area (Å²) in [6.07, 6.45) is 0.377. The third-order valence-corrected chi connectivity index (χ3v) is 7.00. The second-order valence-electron chi connectivity index (χ2n) is 9.30. The zero-order valence-electron chi connectivity index (χ0n) is 21.0. The Labute approximate surface area is 220 Å². The molecule has 8 heteroatoms. The number of ether oxygens (including phenoxy) is 3. The molecule has 5 rings (SSSR count). The van der Waals surface area contributed by atoms with Crippen LogP contribution in [0.15, 0.2) is 107 Å². The minimum atomic E-state index is -0.949. The van der Waals surface area contributed by atoms with E-state index in [0.717, 1.165) is 22.4 Å². The molecule has 0 spiro atoms. The van der Waals surface area contributed by atoms with Gasteiger partial charge in [-0.3, -0.25) is 14.3 Å². The highest BCUT2D eigenvalue weighted by Crippen LogP contribution is 2.41. The molecule has 1 aliphatic rings. The van der Waals surface area contributed by atoms with Gasteiger partial charge in [0.2, 0.25) is 0 Å². The van der Waals surface area contributed by atoms with Crippen molar-refractivity contribution in [1.82, 2.24) is 9.55 Å². The van der Waals surface area contributed by atoms with Crippen LogP contribution in [0.3, 0.4) is 0 Å². The molecule has 3 aromatic carbocycles. The van der Waals surface area contributed by atoms with Gasteiger partial charge in [-0.25, -0.2) is 4.79 Å². The summed E-state index contributed by atoms with van der Waals surface area (Å²) in [6.45, 7) is 0.299. The van der Waals surface area contributed by atoms with Gasteiger partial charge in [0.15, 0.2) is 0 Å². The number of rotatable bonds is 8. The van der Waals surface area contributed by atoms with Gasteiger partial charge in [0.25, 0.3) is 5.56 Å². The van der Waals surface area contributed by atoms with Gasteiger partial charge in [0, 0.05) is 18.7 Å². The molecule has 0 unspecified atom stereocenters. The summed E-state index contributed by atoms with van der Waals surface area (Å²) in [5, 5.41) is 10.9. The molecule has 1 aliphatic heterocycles. The van der Waals surface area contributed by atoms with Crippen molar-refractivity contribution < 1.29 is 19.3 Å². The van der Waals surface area contributed by atoms with E-state index in [-0.39, 0.29) is 19.6 Å². The van der Waals surface area contributed by atoms with E-state index in [9.17, 15) is 14.7 Å². The van der Waals surface area contributed by atoms with Gasteiger partial charge in [-0.2, -0.15) is 0 Å². The Morgan fingerprint density at radius 3 is 2.08 bits per heavy atom. The Morgan fingerprint density at radius 2 is 1.53 bits per heavy atom. The van der Waals surface area contributed by atoms with Crippen LogP contribution in [0.5, 0.6) is 5.75 Å². The molecular weight excluding hydrogens is 484 g/mol. The number of aromatic amines is 1. The summed E-state index contributed by atoms with van der Waals surface area (Å²) in [5.74, 6) is 0.742. The summed E-state index contributed by atoms with van der Waals surface area (Å²) in [5.41, 5.74) is 0.808. The van der Waals surface area contributed by atoms with Crippen molar-refractivity contribution in [2.75, 3.05) is 20.3 Å². The van der Waals surface area contributed by atoms with Crippen molar-refractivity contribution >= 4 is 0 Å². The van der Waals surface area contributed by atoms with Gasteiger partial charge < -0.3 is 19.3 Å². The lowest BCUT2D eigenvalue weighted by Gasteiger charge is -2.39. The number of H-pyrrole nitrogens is 1. The Hall–Kier alpha value is -3.98. The van der Waals surface area contributed by atoms with Crippen molar-refractivity contribution in [3.05, 3.63) is 135 Å². The summed E-state index contributed by atoms with van der Waals surface area (Å²) in [4.78, 5) is 25.9. The molecule has 2 heterocycles. The van der Waals surface area contributed by atoms with E-state index in [0.29, 0.717) is 0 Å². The predicted molar refractivity (Wildman–Crippen MR) is 142 cm³/mol. The van der Waals surface area contributed by atoms with Crippen LogP contribution in [-0.4, -0.2) is 47.2 Å². The van der Waals surface area contributed by atoms with E-state index in [1.807, 2.05) is 84.9 Å². The average molecular weight is 515 g/mol. The van der Waals surface area contributed by atoms with Gasteiger partial charge in [0.1, 0.15) is 11.4 Å². The average Bonchev–Trinajstić information content (AvgIpc) is 2.95. The van der Waals surface area contributed by atoms with Gasteiger partial charge in [-0.05, 0) is 28.8 Å². The van der Waals surface area contributed by atoms with Crippen LogP contribution in [-0.2, 0) is 15.1 Å². The maximum atomic E-state index is 12.2. The first-order valence-electron chi connectivity index (χ1n) is 12.5. The Bertz CT molecular complexity index is 1410. The molecule has 0 radical (unpaired) electrons. The van der Waals surface area contributed by atoms with E-state index >= 15 is 0 Å². The highest BCUT2D eigenvalue weighted by atomic mass is 16.5. The van der Waals surface area contributed by atoms with Crippen molar-refractivity contribution in [3.63, 3.8) is 0 Å². The smallest absolute Gasteiger partial charge is 0.328 e. The molecule has 0 bridgehead atoms. The first-order chi connectivity index (χ1) is 18.5. The van der Waals surface area contributed by atoms with Gasteiger partial charge in [-0.1, -0.05) is 72.8 Å². The maximum absolute atomic E-state index is 12.2. The molecule has 1 saturated heterocycles. The summed E-state index contributed by atoms with van der Waals surface area (Å²) in [7, 11) is 1.63. The third kappa shape index (κ3) is 5.06. The number of nitrogens with zero attached hydrogens (tertiary/aromatic N) is 1. The van der Waals surface area contributed by atoms with Gasteiger partial charge >= 0.3 is 5.69 Å². The van der Waals surface area contributed by atoms with Crippen LogP contribution in [0.4, 0.5) is 0 Å². The number of methoxy groups -OCH3 is 1. The third-order valence-electron chi connectivity index (χ3n) is 7.00. The Balaban J connectivity index is 1.46. The van der Waals surface area contributed by atoms with Crippen molar-refractivity contribution in [3.8, 4) is 5.75 Å². The first-order valence-corrected chi connectivity index (χ1v) is 12.5. The van der Waals surface area contributed by atoms with E-state index in [4.69, 9.17) is 14.2 Å². The van der Waals surface area contributed by atoms with Crippen LogP contribution in [0.1, 0.15) is 29.2 Å². The number of aromatic nitrogens is 2. The minimum Gasteiger partial charge on any atom is -0.497 e. The summed E-state index contributed by atoms with van der Waals surface area (Å²) < 4.78 is 19.6. The summed E-state index contributed by atoms with van der Waals surface area (Å²) in [6, 6.07) is 28.4. The monoisotopic (exact) mass is 514 g/mol. The number of hydrogen-bond acceptors (Lipinski definition) is 6. The highest BCUT2D eigenvalue weighted by molar-refractivity contribution is 5.48. The Morgan fingerprint density at radius 1 is 0.921 bits per heavy atom. The van der Waals surface area contributed by atoms with E-state index in [1.54, 1.807) is 7.11 Å². The fourth-order valence-electron chi connectivity index (χ4n) is 5.05. The maximum Gasteiger partial charge on any atom is 0.328 e. The Kier molecular flexibility index (Phi) is 7.55. The molecule has 4 aromatic rings. The number of nitrogens with one attached hydrogen (secondary N) is 1. The zero-order valence-corrected chi connectivity index (χ0v) is 21.0. The van der Waals surface area contributed by atoms with Crippen LogP contribution in [0.2, 0.25) is 0 Å². The largest absolute Gasteiger partial charge is 0.497 e. The molecule has 0 aliphatic carbocycles. The topological polar surface area (TPSA) is 103 Å². The molecular formula is C30H30N2O6. The van der Waals surface area contributed by atoms with Crippen LogP contribution < -0.4 is 16.0 Å².